The van der Waals surface area contributed by atoms with Crippen LogP contribution in [0.3, 0.4) is 0 Å². The smallest absolute Gasteiger partial charge is 0.272 e. The van der Waals surface area contributed by atoms with Crippen molar-refractivity contribution in [3.63, 3.8) is 0 Å². The van der Waals surface area contributed by atoms with Crippen molar-refractivity contribution in [2.75, 3.05) is 52.9 Å². The van der Waals surface area contributed by atoms with Crippen LogP contribution in [0.5, 0.6) is 0 Å². The van der Waals surface area contributed by atoms with Gasteiger partial charge in [-0.2, -0.15) is 5.10 Å². The summed E-state index contributed by atoms with van der Waals surface area (Å²) in [5.41, 5.74) is 1.53. The van der Waals surface area contributed by atoms with E-state index in [2.05, 4.69) is 31.9 Å². The van der Waals surface area contributed by atoms with Crippen LogP contribution in [0.2, 0.25) is 0 Å². The maximum absolute atomic E-state index is 13.3. The first kappa shape index (κ1) is 20.1. The lowest BCUT2D eigenvalue weighted by molar-refractivity contribution is -0.0724. The molecule has 9 heteroatoms. The third-order valence-corrected chi connectivity index (χ3v) is 5.86. The number of imidazole rings is 1. The van der Waals surface area contributed by atoms with Gasteiger partial charge in [0.25, 0.3) is 5.91 Å². The predicted molar refractivity (Wildman–Crippen MR) is 109 cm³/mol. The zero-order valence-electron chi connectivity index (χ0n) is 17.5. The number of aromatic nitrogens is 4. The SMILES string of the molecule is Cc1ncc(C(=O)N2CCO[C@@H](CN3CCCN(C)CC3)[C@@H]2c2cnn(C)c2)[nH]1. The number of ether oxygens (including phenoxy) is 1. The van der Waals surface area contributed by atoms with Crippen LogP contribution in [0.15, 0.2) is 18.6 Å². The highest BCUT2D eigenvalue weighted by atomic mass is 16.5. The van der Waals surface area contributed by atoms with Gasteiger partial charge in [0.1, 0.15) is 11.5 Å². The molecule has 2 aliphatic rings. The van der Waals surface area contributed by atoms with Crippen LogP contribution >= 0.6 is 0 Å². The molecule has 1 amide bonds. The van der Waals surface area contributed by atoms with Crippen molar-refractivity contribution in [2.24, 2.45) is 7.05 Å². The van der Waals surface area contributed by atoms with E-state index in [-0.39, 0.29) is 18.1 Å². The number of aromatic amines is 1. The molecule has 2 fully saturated rings. The number of morpholine rings is 1. The van der Waals surface area contributed by atoms with E-state index in [4.69, 9.17) is 4.74 Å². The zero-order valence-corrected chi connectivity index (χ0v) is 17.5. The molecule has 2 saturated heterocycles. The predicted octanol–water partition coefficient (Wildman–Crippen LogP) is 0.671. The Morgan fingerprint density at radius 1 is 1.21 bits per heavy atom. The van der Waals surface area contributed by atoms with Crippen LogP contribution < -0.4 is 0 Å². The highest BCUT2D eigenvalue weighted by molar-refractivity contribution is 5.92. The lowest BCUT2D eigenvalue weighted by atomic mass is 9.99. The van der Waals surface area contributed by atoms with Crippen LogP contribution in [0.1, 0.15) is 34.3 Å². The van der Waals surface area contributed by atoms with Gasteiger partial charge in [0.15, 0.2) is 0 Å². The minimum absolute atomic E-state index is 0.0386. The van der Waals surface area contributed by atoms with E-state index < -0.39 is 0 Å². The molecule has 2 atom stereocenters. The summed E-state index contributed by atoms with van der Waals surface area (Å²) in [6, 6.07) is -0.172. The lowest BCUT2D eigenvalue weighted by Crippen LogP contribution is -2.52. The molecule has 2 aliphatic heterocycles. The average molecular weight is 402 g/mol. The first-order chi connectivity index (χ1) is 14.0. The molecule has 158 valence electrons. The number of H-pyrrole nitrogens is 1. The fourth-order valence-electron chi connectivity index (χ4n) is 4.32. The molecule has 2 aromatic rings. The Labute approximate surface area is 171 Å². The fourth-order valence-corrected chi connectivity index (χ4v) is 4.32. The monoisotopic (exact) mass is 401 g/mol. The normalized spacial score (nSPS) is 24.6. The Balaban J connectivity index is 1.58. The van der Waals surface area contributed by atoms with Gasteiger partial charge in [-0.1, -0.05) is 0 Å². The van der Waals surface area contributed by atoms with E-state index in [1.807, 2.05) is 31.3 Å². The largest absolute Gasteiger partial charge is 0.373 e. The molecule has 0 unspecified atom stereocenters. The van der Waals surface area contributed by atoms with E-state index in [1.54, 1.807) is 10.9 Å². The van der Waals surface area contributed by atoms with Gasteiger partial charge >= 0.3 is 0 Å². The summed E-state index contributed by atoms with van der Waals surface area (Å²) in [7, 11) is 4.07. The first-order valence-corrected chi connectivity index (χ1v) is 10.3. The number of likely N-dealkylation sites (N-methyl/N-ethyl adjacent to an activating group) is 1. The summed E-state index contributed by atoms with van der Waals surface area (Å²) in [6.07, 6.45) is 6.51. The van der Waals surface area contributed by atoms with Crippen LogP contribution in [0.4, 0.5) is 0 Å². The first-order valence-electron chi connectivity index (χ1n) is 10.3. The van der Waals surface area contributed by atoms with Crippen molar-refractivity contribution in [3.05, 3.63) is 35.7 Å². The van der Waals surface area contributed by atoms with E-state index >= 15 is 0 Å². The molecule has 0 spiro atoms. The average Bonchev–Trinajstić information content (AvgIpc) is 3.27. The van der Waals surface area contributed by atoms with Gasteiger partial charge in [-0.15, -0.1) is 0 Å². The minimum atomic E-state index is -0.172. The summed E-state index contributed by atoms with van der Waals surface area (Å²) >= 11 is 0. The van der Waals surface area contributed by atoms with Gasteiger partial charge < -0.3 is 19.5 Å². The topological polar surface area (TPSA) is 82.5 Å². The Kier molecular flexibility index (Phi) is 5.98. The number of nitrogens with zero attached hydrogens (tertiary/aromatic N) is 6. The van der Waals surface area contributed by atoms with Crippen molar-refractivity contribution >= 4 is 5.91 Å². The van der Waals surface area contributed by atoms with Crippen LogP contribution in [0.25, 0.3) is 0 Å². The van der Waals surface area contributed by atoms with Crippen molar-refractivity contribution in [2.45, 2.75) is 25.5 Å². The fraction of sp³-hybridized carbons (Fsp3) is 0.650. The standard InChI is InChI=1S/C20H31N7O2/c1-15-21-12-17(23-15)20(28)27-9-10-29-18(19(27)16-11-22-25(3)13-16)14-26-6-4-5-24(2)7-8-26/h11-13,18-19H,4-10,14H2,1-3H3,(H,21,23)/t18-,19-/m0/s1. The maximum atomic E-state index is 13.3. The van der Waals surface area contributed by atoms with Crippen LogP contribution in [-0.4, -0.2) is 99.4 Å². The van der Waals surface area contributed by atoms with Gasteiger partial charge in [0, 0.05) is 45.0 Å². The molecule has 0 saturated carbocycles. The molecule has 4 heterocycles. The molecule has 0 aromatic carbocycles. The Morgan fingerprint density at radius 3 is 2.79 bits per heavy atom. The van der Waals surface area contributed by atoms with Crippen molar-refractivity contribution in [1.29, 1.82) is 0 Å². The molecular formula is C20H31N7O2. The molecule has 0 aliphatic carbocycles. The molecule has 1 N–H and O–H groups in total. The second-order valence-corrected chi connectivity index (χ2v) is 8.14. The maximum Gasteiger partial charge on any atom is 0.272 e. The van der Waals surface area contributed by atoms with E-state index in [0.717, 1.165) is 50.5 Å². The number of amides is 1. The van der Waals surface area contributed by atoms with Crippen LogP contribution in [0, 0.1) is 6.92 Å². The van der Waals surface area contributed by atoms with E-state index in [1.165, 1.54) is 0 Å². The summed E-state index contributed by atoms with van der Waals surface area (Å²) in [4.78, 5) is 27.3. The molecule has 29 heavy (non-hydrogen) atoms. The van der Waals surface area contributed by atoms with Gasteiger partial charge in [-0.3, -0.25) is 14.4 Å². The van der Waals surface area contributed by atoms with Gasteiger partial charge in [-0.05, 0) is 33.5 Å². The molecule has 0 radical (unpaired) electrons. The van der Waals surface area contributed by atoms with E-state index in [0.29, 0.717) is 18.8 Å². The molecule has 2 aromatic heterocycles. The highest BCUT2D eigenvalue weighted by Gasteiger charge is 2.39. The molecular weight excluding hydrogens is 370 g/mol. The summed E-state index contributed by atoms with van der Waals surface area (Å²) in [6.45, 7) is 8.00. The van der Waals surface area contributed by atoms with Crippen molar-refractivity contribution in [1.82, 2.24) is 34.4 Å². The minimum Gasteiger partial charge on any atom is -0.373 e. The number of aryl methyl sites for hydroxylation is 2. The van der Waals surface area contributed by atoms with Gasteiger partial charge in [0.05, 0.1) is 31.1 Å². The molecule has 0 bridgehead atoms. The number of hydrogen-bond donors (Lipinski definition) is 1. The second kappa shape index (κ2) is 8.64. The molecule has 9 nitrogen and oxygen atoms in total. The number of carbonyl (C=O) groups is 1. The number of hydrogen-bond acceptors (Lipinski definition) is 6. The quantitative estimate of drug-likeness (QED) is 0.811. The zero-order chi connectivity index (χ0) is 20.4. The van der Waals surface area contributed by atoms with Crippen molar-refractivity contribution in [3.8, 4) is 0 Å². The number of nitrogens with one attached hydrogen (secondary N) is 1. The summed E-state index contributed by atoms with van der Waals surface area (Å²) < 4.78 is 8.02. The Morgan fingerprint density at radius 2 is 2.07 bits per heavy atom. The van der Waals surface area contributed by atoms with Gasteiger partial charge in [-0.25, -0.2) is 4.98 Å². The van der Waals surface area contributed by atoms with Gasteiger partial charge in [0.2, 0.25) is 0 Å². The second-order valence-electron chi connectivity index (χ2n) is 8.14. The Bertz CT molecular complexity index is 832. The lowest BCUT2D eigenvalue weighted by Gasteiger charge is -2.42. The van der Waals surface area contributed by atoms with Crippen LogP contribution in [-0.2, 0) is 11.8 Å². The van der Waals surface area contributed by atoms with E-state index in [9.17, 15) is 4.79 Å². The number of carbonyl (C=O) groups excluding carboxylic acids is 1. The third-order valence-electron chi connectivity index (χ3n) is 5.86. The third kappa shape index (κ3) is 4.52. The summed E-state index contributed by atoms with van der Waals surface area (Å²) in [5.74, 6) is 0.702. The van der Waals surface area contributed by atoms with Crippen molar-refractivity contribution < 1.29 is 9.53 Å². The number of rotatable bonds is 4. The molecule has 4 rings (SSSR count). The highest BCUT2D eigenvalue weighted by Crippen LogP contribution is 2.31. The Hall–Kier alpha value is -2.23. The summed E-state index contributed by atoms with van der Waals surface area (Å²) in [5, 5.41) is 4.35.